The molecule has 1 saturated heterocycles. The largest absolute Gasteiger partial charge is 0.315 e. The monoisotopic (exact) mass is 265 g/mol. The van der Waals surface area contributed by atoms with Crippen LogP contribution in [0.3, 0.4) is 0 Å². The summed E-state index contributed by atoms with van der Waals surface area (Å²) in [6, 6.07) is 7.52. The first-order valence-electron chi connectivity index (χ1n) is 6.50. The van der Waals surface area contributed by atoms with Crippen LogP contribution in [0.1, 0.15) is 25.3 Å². The minimum absolute atomic E-state index is 0.111. The predicted octanol–water partition coefficient (Wildman–Crippen LogP) is 1.80. The van der Waals surface area contributed by atoms with Crippen molar-refractivity contribution in [1.29, 1.82) is 0 Å². The van der Waals surface area contributed by atoms with Crippen molar-refractivity contribution in [2.24, 2.45) is 11.3 Å². The molecule has 18 heavy (non-hydrogen) atoms. The zero-order chi connectivity index (χ0) is 13.0. The molecule has 3 rings (SSSR count). The number of nitrogens with one attached hydrogen (secondary N) is 1. The van der Waals surface area contributed by atoms with E-state index in [-0.39, 0.29) is 17.1 Å². The summed E-state index contributed by atoms with van der Waals surface area (Å²) in [5.74, 6) is 0.928. The fraction of sp³-hybridized carbons (Fsp3) is 0.571. The van der Waals surface area contributed by atoms with Gasteiger partial charge in [-0.2, -0.15) is 0 Å². The summed E-state index contributed by atoms with van der Waals surface area (Å²) in [6.45, 7) is 6.27. The maximum Gasteiger partial charge on any atom is 0.179 e. The number of sulfone groups is 1. The van der Waals surface area contributed by atoms with Crippen LogP contribution in [-0.2, 0) is 9.84 Å². The first-order valence-corrected chi connectivity index (χ1v) is 8.15. The third kappa shape index (κ3) is 1.48. The molecular weight excluding hydrogens is 246 g/mol. The quantitative estimate of drug-likeness (QED) is 0.887. The molecule has 1 aromatic carbocycles. The van der Waals surface area contributed by atoms with E-state index in [0.29, 0.717) is 10.8 Å². The van der Waals surface area contributed by atoms with E-state index in [9.17, 15) is 8.42 Å². The highest BCUT2D eigenvalue weighted by Gasteiger charge is 2.52. The van der Waals surface area contributed by atoms with Crippen molar-refractivity contribution in [2.45, 2.75) is 24.7 Å². The van der Waals surface area contributed by atoms with Crippen LogP contribution in [0, 0.1) is 11.3 Å². The van der Waals surface area contributed by atoms with Gasteiger partial charge in [-0.1, -0.05) is 32.0 Å². The molecule has 98 valence electrons. The van der Waals surface area contributed by atoms with Crippen LogP contribution < -0.4 is 5.32 Å². The van der Waals surface area contributed by atoms with Crippen LogP contribution in [0.4, 0.5) is 0 Å². The Kier molecular flexibility index (Phi) is 2.58. The second-order valence-corrected chi connectivity index (χ2v) is 7.87. The lowest BCUT2D eigenvalue weighted by Gasteiger charge is -2.50. The Balaban J connectivity index is 2.12. The molecule has 0 saturated carbocycles. The van der Waals surface area contributed by atoms with E-state index >= 15 is 0 Å². The Labute approximate surface area is 109 Å². The van der Waals surface area contributed by atoms with Crippen LogP contribution in [0.15, 0.2) is 29.2 Å². The van der Waals surface area contributed by atoms with Gasteiger partial charge in [0.2, 0.25) is 0 Å². The Hall–Kier alpha value is -0.870. The molecule has 0 amide bonds. The SMILES string of the molecule is CC(C)C1(C2CS(=O)(=O)c3ccccc32)CNC1. The number of fused-ring (bicyclic) bond motifs is 1. The summed E-state index contributed by atoms with van der Waals surface area (Å²) in [5.41, 5.74) is 1.15. The zero-order valence-corrected chi connectivity index (χ0v) is 11.6. The standard InChI is InChI=1S/C14H19NO2S/c1-10(2)14(8-15-9-14)12-7-18(16,17)13-6-4-3-5-11(12)13/h3-6,10,12,15H,7-9H2,1-2H3. The van der Waals surface area contributed by atoms with Crippen LogP contribution in [0.2, 0.25) is 0 Å². The van der Waals surface area contributed by atoms with Gasteiger partial charge in [-0.3, -0.25) is 0 Å². The Morgan fingerprint density at radius 1 is 1.28 bits per heavy atom. The van der Waals surface area contributed by atoms with Gasteiger partial charge in [-0.15, -0.1) is 0 Å². The molecule has 1 unspecified atom stereocenters. The van der Waals surface area contributed by atoms with Gasteiger partial charge in [0.05, 0.1) is 10.6 Å². The fourth-order valence-electron chi connectivity index (χ4n) is 3.40. The van der Waals surface area contributed by atoms with Gasteiger partial charge in [0.15, 0.2) is 9.84 Å². The molecule has 2 heterocycles. The highest BCUT2D eigenvalue weighted by atomic mass is 32.2. The number of rotatable bonds is 2. The van der Waals surface area contributed by atoms with Crippen LogP contribution >= 0.6 is 0 Å². The predicted molar refractivity (Wildman–Crippen MR) is 71.4 cm³/mol. The molecule has 0 bridgehead atoms. The summed E-state index contributed by atoms with van der Waals surface area (Å²) in [4.78, 5) is 0.557. The Bertz CT molecular complexity index is 573. The van der Waals surface area contributed by atoms with Crippen LogP contribution in [0.5, 0.6) is 0 Å². The second-order valence-electron chi connectivity index (χ2n) is 5.86. The van der Waals surface area contributed by atoms with Crippen molar-refractivity contribution in [2.75, 3.05) is 18.8 Å². The summed E-state index contributed by atoms with van der Waals surface area (Å²) in [6.07, 6.45) is 0. The van der Waals surface area contributed by atoms with E-state index in [1.807, 2.05) is 18.2 Å². The number of hydrogen-bond donors (Lipinski definition) is 1. The number of hydrogen-bond acceptors (Lipinski definition) is 3. The van der Waals surface area contributed by atoms with E-state index in [4.69, 9.17) is 0 Å². The summed E-state index contributed by atoms with van der Waals surface area (Å²) < 4.78 is 24.5. The molecule has 0 aromatic heterocycles. The average molecular weight is 265 g/mol. The fourth-order valence-corrected chi connectivity index (χ4v) is 5.38. The van der Waals surface area contributed by atoms with E-state index in [1.165, 1.54) is 0 Å². The molecule has 1 atom stereocenters. The molecule has 4 heteroatoms. The molecule has 1 aromatic rings. The molecule has 1 N–H and O–H groups in total. The van der Waals surface area contributed by atoms with E-state index in [0.717, 1.165) is 18.7 Å². The van der Waals surface area contributed by atoms with Crippen molar-refractivity contribution >= 4 is 9.84 Å². The molecular formula is C14H19NO2S. The summed E-state index contributed by atoms with van der Waals surface area (Å²) >= 11 is 0. The first-order chi connectivity index (χ1) is 8.47. The van der Waals surface area contributed by atoms with Crippen LogP contribution in [0.25, 0.3) is 0 Å². The third-order valence-corrected chi connectivity index (χ3v) is 6.58. The van der Waals surface area contributed by atoms with Crippen LogP contribution in [-0.4, -0.2) is 27.3 Å². The van der Waals surface area contributed by atoms with Crippen molar-refractivity contribution in [3.05, 3.63) is 29.8 Å². The Morgan fingerprint density at radius 3 is 2.50 bits per heavy atom. The van der Waals surface area contributed by atoms with E-state index < -0.39 is 9.84 Å². The van der Waals surface area contributed by atoms with E-state index in [1.54, 1.807) is 6.07 Å². The molecule has 1 fully saturated rings. The molecule has 2 aliphatic rings. The van der Waals surface area contributed by atoms with Gasteiger partial charge in [-0.25, -0.2) is 8.42 Å². The highest BCUT2D eigenvalue weighted by molar-refractivity contribution is 7.91. The smallest absolute Gasteiger partial charge is 0.179 e. The lowest BCUT2D eigenvalue weighted by Crippen LogP contribution is -2.59. The van der Waals surface area contributed by atoms with Gasteiger partial charge < -0.3 is 5.32 Å². The maximum absolute atomic E-state index is 12.3. The lowest BCUT2D eigenvalue weighted by atomic mass is 9.62. The molecule has 0 spiro atoms. The molecule has 0 radical (unpaired) electrons. The van der Waals surface area contributed by atoms with E-state index in [2.05, 4.69) is 19.2 Å². The van der Waals surface area contributed by atoms with Crippen molar-refractivity contribution in [3.63, 3.8) is 0 Å². The van der Waals surface area contributed by atoms with Gasteiger partial charge >= 0.3 is 0 Å². The third-order valence-electron chi connectivity index (χ3n) is 4.77. The van der Waals surface area contributed by atoms with Crippen molar-refractivity contribution < 1.29 is 8.42 Å². The zero-order valence-electron chi connectivity index (χ0n) is 10.8. The Morgan fingerprint density at radius 2 is 1.94 bits per heavy atom. The molecule has 3 nitrogen and oxygen atoms in total. The molecule has 0 aliphatic carbocycles. The maximum atomic E-state index is 12.3. The first kappa shape index (κ1) is 12.2. The minimum atomic E-state index is -3.08. The summed E-state index contributed by atoms with van der Waals surface area (Å²) in [7, 11) is -3.08. The second kappa shape index (κ2) is 3.81. The average Bonchev–Trinajstić information content (AvgIpc) is 2.50. The van der Waals surface area contributed by atoms with Gasteiger partial charge in [0.25, 0.3) is 0 Å². The summed E-state index contributed by atoms with van der Waals surface area (Å²) in [5, 5.41) is 3.32. The van der Waals surface area contributed by atoms with Crippen molar-refractivity contribution in [3.8, 4) is 0 Å². The lowest BCUT2D eigenvalue weighted by molar-refractivity contribution is 0.0713. The number of benzene rings is 1. The topological polar surface area (TPSA) is 46.2 Å². The van der Waals surface area contributed by atoms with Gasteiger partial charge in [-0.05, 0) is 17.5 Å². The van der Waals surface area contributed by atoms with Gasteiger partial charge in [0.1, 0.15) is 0 Å². The normalized spacial score (nSPS) is 27.8. The molecule has 2 aliphatic heterocycles. The minimum Gasteiger partial charge on any atom is -0.315 e. The highest BCUT2D eigenvalue weighted by Crippen LogP contribution is 2.51. The van der Waals surface area contributed by atoms with Crippen molar-refractivity contribution in [1.82, 2.24) is 5.32 Å². The van der Waals surface area contributed by atoms with Gasteiger partial charge in [0, 0.05) is 24.4 Å².